The predicted molar refractivity (Wildman–Crippen MR) is 68.8 cm³/mol. The third kappa shape index (κ3) is 4.60. The first-order valence-corrected chi connectivity index (χ1v) is 5.39. The summed E-state index contributed by atoms with van der Waals surface area (Å²) in [6.07, 6.45) is -0.491. The molecular formula is C14H17NO2. The number of para-hydroxylation sites is 1. The summed E-state index contributed by atoms with van der Waals surface area (Å²) >= 11 is 0. The van der Waals surface area contributed by atoms with E-state index in [9.17, 15) is 4.79 Å². The van der Waals surface area contributed by atoms with Crippen LogP contribution in [0, 0.1) is 17.3 Å². The second-order valence-corrected chi connectivity index (χ2v) is 4.66. The largest absolute Gasteiger partial charge is 0.453 e. The van der Waals surface area contributed by atoms with Crippen molar-refractivity contribution in [1.82, 2.24) is 0 Å². The van der Waals surface area contributed by atoms with E-state index in [1.807, 2.05) is 39.0 Å². The average molecular weight is 231 g/mol. The lowest BCUT2D eigenvalue weighted by Gasteiger charge is -2.08. The van der Waals surface area contributed by atoms with E-state index in [0.29, 0.717) is 5.69 Å². The second kappa shape index (κ2) is 5.40. The third-order valence-electron chi connectivity index (χ3n) is 1.92. The molecule has 0 bridgehead atoms. The molecule has 0 aromatic heterocycles. The molecule has 3 heteroatoms. The number of rotatable bonds is 1. The zero-order chi connectivity index (χ0) is 12.9. The zero-order valence-corrected chi connectivity index (χ0v) is 10.6. The highest BCUT2D eigenvalue weighted by molar-refractivity contribution is 5.86. The Hall–Kier alpha value is -1.95. The monoisotopic (exact) mass is 231 g/mol. The van der Waals surface area contributed by atoms with Crippen molar-refractivity contribution in [3.05, 3.63) is 29.8 Å². The van der Waals surface area contributed by atoms with Gasteiger partial charge in [-0.05, 0) is 32.9 Å². The van der Waals surface area contributed by atoms with E-state index in [-0.39, 0.29) is 5.41 Å². The molecule has 0 spiro atoms. The zero-order valence-electron chi connectivity index (χ0n) is 10.6. The Morgan fingerprint density at radius 1 is 1.29 bits per heavy atom. The molecule has 1 amide bonds. The number of hydrogen-bond acceptors (Lipinski definition) is 2. The lowest BCUT2D eigenvalue weighted by molar-refractivity contribution is 0.187. The fourth-order valence-electron chi connectivity index (χ4n) is 1.12. The Morgan fingerprint density at radius 2 is 1.94 bits per heavy atom. The molecule has 3 nitrogen and oxygen atoms in total. The van der Waals surface area contributed by atoms with Gasteiger partial charge in [0.05, 0.1) is 12.8 Å². The first-order valence-electron chi connectivity index (χ1n) is 5.39. The van der Waals surface area contributed by atoms with E-state index in [4.69, 9.17) is 0 Å². The quantitative estimate of drug-likeness (QED) is 0.753. The Balaban J connectivity index is 2.99. The number of anilines is 1. The van der Waals surface area contributed by atoms with Crippen LogP contribution in [-0.2, 0) is 4.74 Å². The summed E-state index contributed by atoms with van der Waals surface area (Å²) in [6, 6.07) is 7.39. The van der Waals surface area contributed by atoms with E-state index in [1.54, 1.807) is 6.07 Å². The maximum Gasteiger partial charge on any atom is 0.411 e. The summed E-state index contributed by atoms with van der Waals surface area (Å²) in [6.45, 7) is 6.11. The highest BCUT2D eigenvalue weighted by atomic mass is 16.5. The smallest absolute Gasteiger partial charge is 0.411 e. The molecule has 1 aromatic rings. The van der Waals surface area contributed by atoms with Gasteiger partial charge in [-0.1, -0.05) is 24.0 Å². The standard InChI is InChI=1S/C14H17NO2/c1-14(2,3)10-9-11-7-5-6-8-12(11)15-13(16)17-4/h5-8H,1-4H3,(H,15,16). The maximum absolute atomic E-state index is 11.2. The highest BCUT2D eigenvalue weighted by Crippen LogP contribution is 2.16. The van der Waals surface area contributed by atoms with Gasteiger partial charge in [-0.2, -0.15) is 0 Å². The van der Waals surface area contributed by atoms with Gasteiger partial charge in [0.1, 0.15) is 0 Å². The van der Waals surface area contributed by atoms with Crippen LogP contribution >= 0.6 is 0 Å². The summed E-state index contributed by atoms with van der Waals surface area (Å²) in [4.78, 5) is 11.2. The Kier molecular flexibility index (Phi) is 4.17. The summed E-state index contributed by atoms with van der Waals surface area (Å²) in [5.41, 5.74) is 1.38. The van der Waals surface area contributed by atoms with Crippen LogP contribution < -0.4 is 5.32 Å². The average Bonchev–Trinajstić information content (AvgIpc) is 2.26. The van der Waals surface area contributed by atoms with Crippen LogP contribution in [0.4, 0.5) is 10.5 Å². The van der Waals surface area contributed by atoms with Gasteiger partial charge in [0.15, 0.2) is 0 Å². The number of methoxy groups -OCH3 is 1. The fourth-order valence-corrected chi connectivity index (χ4v) is 1.12. The summed E-state index contributed by atoms with van der Waals surface area (Å²) < 4.78 is 4.56. The van der Waals surface area contributed by atoms with Crippen LogP contribution in [0.1, 0.15) is 26.3 Å². The van der Waals surface area contributed by atoms with Crippen LogP contribution in [0.2, 0.25) is 0 Å². The lowest BCUT2D eigenvalue weighted by atomic mass is 9.97. The van der Waals surface area contributed by atoms with Crippen molar-refractivity contribution < 1.29 is 9.53 Å². The van der Waals surface area contributed by atoms with Gasteiger partial charge in [-0.25, -0.2) is 4.79 Å². The minimum atomic E-state index is -0.491. The van der Waals surface area contributed by atoms with Gasteiger partial charge in [0.2, 0.25) is 0 Å². The van der Waals surface area contributed by atoms with Crippen molar-refractivity contribution in [1.29, 1.82) is 0 Å². The van der Waals surface area contributed by atoms with Crippen LogP contribution in [0.3, 0.4) is 0 Å². The molecule has 90 valence electrons. The normalized spacial score (nSPS) is 10.1. The minimum Gasteiger partial charge on any atom is -0.453 e. The molecule has 0 unspecified atom stereocenters. The Bertz CT molecular complexity index is 461. The van der Waals surface area contributed by atoms with Gasteiger partial charge in [0.25, 0.3) is 0 Å². The number of hydrogen-bond donors (Lipinski definition) is 1. The van der Waals surface area contributed by atoms with Crippen LogP contribution in [0.25, 0.3) is 0 Å². The number of carbonyl (C=O) groups is 1. The molecule has 0 heterocycles. The SMILES string of the molecule is COC(=O)Nc1ccccc1C#CC(C)(C)C. The van der Waals surface area contributed by atoms with Crippen molar-refractivity contribution in [3.63, 3.8) is 0 Å². The molecular weight excluding hydrogens is 214 g/mol. The number of benzene rings is 1. The molecule has 0 radical (unpaired) electrons. The highest BCUT2D eigenvalue weighted by Gasteiger charge is 2.06. The van der Waals surface area contributed by atoms with E-state index >= 15 is 0 Å². The van der Waals surface area contributed by atoms with Crippen LogP contribution in [-0.4, -0.2) is 13.2 Å². The fraction of sp³-hybridized carbons (Fsp3) is 0.357. The van der Waals surface area contributed by atoms with Crippen molar-refractivity contribution >= 4 is 11.8 Å². The molecule has 0 aliphatic heterocycles. The minimum absolute atomic E-state index is 0.0711. The summed E-state index contributed by atoms with van der Waals surface area (Å²) in [5.74, 6) is 6.19. The lowest BCUT2D eigenvalue weighted by Crippen LogP contribution is -2.12. The van der Waals surface area contributed by atoms with Gasteiger partial charge in [-0.15, -0.1) is 0 Å². The molecule has 1 N–H and O–H groups in total. The van der Waals surface area contributed by atoms with E-state index in [2.05, 4.69) is 21.9 Å². The van der Waals surface area contributed by atoms with Crippen LogP contribution in [0.5, 0.6) is 0 Å². The van der Waals surface area contributed by atoms with Crippen molar-refractivity contribution in [2.45, 2.75) is 20.8 Å². The number of amides is 1. The topological polar surface area (TPSA) is 38.3 Å². The van der Waals surface area contributed by atoms with E-state index in [1.165, 1.54) is 7.11 Å². The maximum atomic E-state index is 11.2. The molecule has 0 aliphatic carbocycles. The molecule has 0 aliphatic rings. The van der Waals surface area contributed by atoms with Crippen molar-refractivity contribution in [2.24, 2.45) is 5.41 Å². The van der Waals surface area contributed by atoms with E-state index in [0.717, 1.165) is 5.56 Å². The van der Waals surface area contributed by atoms with Crippen molar-refractivity contribution in [2.75, 3.05) is 12.4 Å². The summed E-state index contributed by atoms with van der Waals surface area (Å²) in [5, 5.41) is 2.63. The predicted octanol–water partition coefficient (Wildman–Crippen LogP) is 3.26. The third-order valence-corrected chi connectivity index (χ3v) is 1.92. The van der Waals surface area contributed by atoms with Gasteiger partial charge >= 0.3 is 6.09 Å². The first kappa shape index (κ1) is 13.1. The van der Waals surface area contributed by atoms with Crippen LogP contribution in [0.15, 0.2) is 24.3 Å². The molecule has 0 fully saturated rings. The number of carbonyl (C=O) groups excluding carboxylic acids is 1. The van der Waals surface area contributed by atoms with Crippen molar-refractivity contribution in [3.8, 4) is 11.8 Å². The number of ether oxygens (including phenoxy) is 1. The Morgan fingerprint density at radius 3 is 2.53 bits per heavy atom. The Labute approximate surface area is 102 Å². The van der Waals surface area contributed by atoms with Gasteiger partial charge < -0.3 is 4.74 Å². The molecule has 1 aromatic carbocycles. The number of nitrogens with one attached hydrogen (secondary N) is 1. The molecule has 0 saturated carbocycles. The molecule has 17 heavy (non-hydrogen) atoms. The first-order chi connectivity index (χ1) is 7.92. The molecule has 0 atom stereocenters. The van der Waals surface area contributed by atoms with E-state index < -0.39 is 6.09 Å². The second-order valence-electron chi connectivity index (χ2n) is 4.66. The molecule has 1 rings (SSSR count). The van der Waals surface area contributed by atoms with Gasteiger partial charge in [-0.3, -0.25) is 5.32 Å². The molecule has 0 saturated heterocycles. The van der Waals surface area contributed by atoms with Gasteiger partial charge in [0, 0.05) is 11.0 Å². The summed E-state index contributed by atoms with van der Waals surface area (Å²) in [7, 11) is 1.33.